The highest BCUT2D eigenvalue weighted by Crippen LogP contribution is 2.40. The summed E-state index contributed by atoms with van der Waals surface area (Å²) in [5.74, 6) is 0.613. The fraction of sp³-hybridized carbons (Fsp3) is 0.571. The topological polar surface area (TPSA) is 9.23 Å². The number of benzene rings is 1. The third kappa shape index (κ3) is 3.93. The van der Waals surface area contributed by atoms with Gasteiger partial charge < -0.3 is 4.74 Å². The summed E-state index contributed by atoms with van der Waals surface area (Å²) in [6.45, 7) is 0.663. The Balaban J connectivity index is 2.07. The molecule has 0 aliphatic heterocycles. The number of hydrogen-bond acceptors (Lipinski definition) is 1. The molecule has 1 aromatic rings. The minimum absolute atomic E-state index is 0.216. The van der Waals surface area contributed by atoms with E-state index in [0.29, 0.717) is 27.4 Å². The molecular formula is C14H16BrCl3O. The Kier molecular flexibility index (Phi) is 5.71. The molecule has 2 rings (SSSR count). The van der Waals surface area contributed by atoms with Gasteiger partial charge >= 0.3 is 0 Å². The van der Waals surface area contributed by atoms with E-state index >= 15 is 0 Å². The SMILES string of the molecule is Clc1cc(Cl)c(OCC2(CBr)CCCCC2)cc1Cl. The van der Waals surface area contributed by atoms with Crippen molar-refractivity contribution in [3.05, 3.63) is 27.2 Å². The van der Waals surface area contributed by atoms with E-state index in [9.17, 15) is 0 Å². The molecule has 1 aliphatic rings. The van der Waals surface area contributed by atoms with Gasteiger partial charge in [-0.1, -0.05) is 70.0 Å². The van der Waals surface area contributed by atoms with E-state index in [0.717, 1.165) is 5.33 Å². The van der Waals surface area contributed by atoms with Crippen molar-refractivity contribution in [3.63, 3.8) is 0 Å². The molecule has 1 saturated carbocycles. The van der Waals surface area contributed by atoms with Gasteiger partial charge in [-0.15, -0.1) is 0 Å². The van der Waals surface area contributed by atoms with Crippen LogP contribution in [0.25, 0.3) is 0 Å². The normalized spacial score (nSPS) is 18.3. The Labute approximate surface area is 137 Å². The average molecular weight is 387 g/mol. The van der Waals surface area contributed by atoms with Gasteiger partial charge in [0.25, 0.3) is 0 Å². The highest BCUT2D eigenvalue weighted by Gasteiger charge is 2.32. The molecule has 1 fully saturated rings. The summed E-state index contributed by atoms with van der Waals surface area (Å²) < 4.78 is 5.90. The number of hydrogen-bond donors (Lipinski definition) is 0. The van der Waals surface area contributed by atoms with Gasteiger partial charge in [-0.25, -0.2) is 0 Å². The van der Waals surface area contributed by atoms with Crippen molar-refractivity contribution in [2.75, 3.05) is 11.9 Å². The third-order valence-electron chi connectivity index (χ3n) is 3.71. The van der Waals surface area contributed by atoms with Gasteiger partial charge in [0.2, 0.25) is 0 Å². The molecule has 106 valence electrons. The van der Waals surface area contributed by atoms with Crippen LogP contribution in [-0.2, 0) is 0 Å². The van der Waals surface area contributed by atoms with Crippen molar-refractivity contribution in [3.8, 4) is 5.75 Å². The van der Waals surface area contributed by atoms with Gasteiger partial charge in [0, 0.05) is 16.8 Å². The lowest BCUT2D eigenvalue weighted by atomic mass is 9.76. The van der Waals surface area contributed by atoms with Crippen molar-refractivity contribution in [2.24, 2.45) is 5.41 Å². The lowest BCUT2D eigenvalue weighted by Gasteiger charge is -2.35. The van der Waals surface area contributed by atoms with Crippen LogP contribution >= 0.6 is 50.7 Å². The summed E-state index contributed by atoms with van der Waals surface area (Å²) in [7, 11) is 0. The lowest BCUT2D eigenvalue weighted by molar-refractivity contribution is 0.122. The van der Waals surface area contributed by atoms with E-state index < -0.39 is 0 Å². The Morgan fingerprint density at radius 3 is 2.26 bits per heavy atom. The van der Waals surface area contributed by atoms with Gasteiger partial charge in [0.1, 0.15) is 5.75 Å². The van der Waals surface area contributed by atoms with E-state index in [2.05, 4.69) is 15.9 Å². The van der Waals surface area contributed by atoms with Crippen molar-refractivity contribution in [1.29, 1.82) is 0 Å². The average Bonchev–Trinajstić information content (AvgIpc) is 2.42. The van der Waals surface area contributed by atoms with Gasteiger partial charge in [-0.3, -0.25) is 0 Å². The highest BCUT2D eigenvalue weighted by molar-refractivity contribution is 9.09. The molecule has 0 amide bonds. The first-order valence-electron chi connectivity index (χ1n) is 6.40. The summed E-state index contributed by atoms with van der Waals surface area (Å²) in [6.07, 6.45) is 6.24. The second kappa shape index (κ2) is 6.89. The fourth-order valence-electron chi connectivity index (χ4n) is 2.46. The zero-order chi connectivity index (χ0) is 13.9. The molecule has 0 unspecified atom stereocenters. The van der Waals surface area contributed by atoms with Crippen molar-refractivity contribution in [2.45, 2.75) is 32.1 Å². The van der Waals surface area contributed by atoms with E-state index in [-0.39, 0.29) is 5.41 Å². The standard InChI is InChI=1S/C14H16BrCl3O/c15-8-14(4-2-1-3-5-14)9-19-13-7-11(17)10(16)6-12(13)18/h6-7H,1-5,8-9H2. The Morgan fingerprint density at radius 1 is 1.00 bits per heavy atom. The van der Waals surface area contributed by atoms with Crippen molar-refractivity contribution in [1.82, 2.24) is 0 Å². The fourth-order valence-corrected chi connectivity index (χ4v) is 3.78. The highest BCUT2D eigenvalue weighted by atomic mass is 79.9. The summed E-state index contributed by atoms with van der Waals surface area (Å²) >= 11 is 21.7. The van der Waals surface area contributed by atoms with E-state index in [1.54, 1.807) is 12.1 Å². The largest absolute Gasteiger partial charge is 0.491 e. The molecule has 0 atom stereocenters. The number of alkyl halides is 1. The predicted octanol–water partition coefficient (Wildman–Crippen LogP) is 6.37. The molecule has 0 aromatic heterocycles. The van der Waals surface area contributed by atoms with Crippen LogP contribution in [-0.4, -0.2) is 11.9 Å². The smallest absolute Gasteiger partial charge is 0.139 e. The van der Waals surface area contributed by atoms with E-state index in [4.69, 9.17) is 39.5 Å². The van der Waals surface area contributed by atoms with Crippen LogP contribution in [0.3, 0.4) is 0 Å². The molecule has 1 nitrogen and oxygen atoms in total. The van der Waals surface area contributed by atoms with Crippen LogP contribution < -0.4 is 4.74 Å². The van der Waals surface area contributed by atoms with Crippen LogP contribution in [0.5, 0.6) is 5.75 Å². The monoisotopic (exact) mass is 384 g/mol. The lowest BCUT2D eigenvalue weighted by Crippen LogP contribution is -2.32. The Hall–Kier alpha value is 0.370. The molecule has 19 heavy (non-hydrogen) atoms. The van der Waals surface area contributed by atoms with Crippen LogP contribution in [0.15, 0.2) is 12.1 Å². The summed E-state index contributed by atoms with van der Waals surface area (Å²) in [5, 5.41) is 2.39. The van der Waals surface area contributed by atoms with Crippen molar-refractivity contribution < 1.29 is 4.74 Å². The number of halogens is 4. The van der Waals surface area contributed by atoms with Gasteiger partial charge in [-0.05, 0) is 18.9 Å². The minimum Gasteiger partial charge on any atom is -0.491 e. The molecule has 1 aliphatic carbocycles. The second-order valence-corrected chi connectivity index (χ2v) is 6.96. The maximum Gasteiger partial charge on any atom is 0.139 e. The summed E-state index contributed by atoms with van der Waals surface area (Å²) in [4.78, 5) is 0. The predicted molar refractivity (Wildman–Crippen MR) is 86.3 cm³/mol. The second-order valence-electron chi connectivity index (χ2n) is 5.18. The number of ether oxygens (including phenoxy) is 1. The molecule has 0 heterocycles. The quantitative estimate of drug-likeness (QED) is 0.431. The van der Waals surface area contributed by atoms with Gasteiger partial charge in [0.05, 0.1) is 21.7 Å². The molecule has 0 saturated heterocycles. The van der Waals surface area contributed by atoms with Crippen LogP contribution in [0.2, 0.25) is 15.1 Å². The zero-order valence-corrected chi connectivity index (χ0v) is 14.4. The first-order valence-corrected chi connectivity index (χ1v) is 8.65. The molecule has 1 aromatic carbocycles. The maximum atomic E-state index is 6.13. The summed E-state index contributed by atoms with van der Waals surface area (Å²) in [6, 6.07) is 3.32. The minimum atomic E-state index is 0.216. The molecule has 0 radical (unpaired) electrons. The van der Waals surface area contributed by atoms with Crippen molar-refractivity contribution >= 4 is 50.7 Å². The molecule has 5 heteroatoms. The maximum absolute atomic E-state index is 6.13. The molecule has 0 spiro atoms. The first kappa shape index (κ1) is 15.8. The Morgan fingerprint density at radius 2 is 1.63 bits per heavy atom. The van der Waals surface area contributed by atoms with Crippen LogP contribution in [0.4, 0.5) is 0 Å². The molecule has 0 bridgehead atoms. The Bertz CT molecular complexity index is 445. The zero-order valence-electron chi connectivity index (χ0n) is 10.5. The summed E-state index contributed by atoms with van der Waals surface area (Å²) in [5.41, 5.74) is 0.216. The van der Waals surface area contributed by atoms with E-state index in [1.807, 2.05) is 0 Å². The first-order chi connectivity index (χ1) is 9.06. The van der Waals surface area contributed by atoms with Crippen LogP contribution in [0, 0.1) is 5.41 Å². The number of rotatable bonds is 4. The third-order valence-corrected chi connectivity index (χ3v) is 5.91. The van der Waals surface area contributed by atoms with Gasteiger partial charge in [-0.2, -0.15) is 0 Å². The van der Waals surface area contributed by atoms with Gasteiger partial charge in [0.15, 0.2) is 0 Å². The molecule has 0 N–H and O–H groups in total. The molecular weight excluding hydrogens is 370 g/mol. The van der Waals surface area contributed by atoms with Crippen LogP contribution in [0.1, 0.15) is 32.1 Å². The van der Waals surface area contributed by atoms with E-state index in [1.165, 1.54) is 32.1 Å².